The number of rotatable bonds is 4. The van der Waals surface area contributed by atoms with E-state index in [0.29, 0.717) is 5.39 Å². The number of anilines is 1. The molecular weight excluding hydrogens is 441 g/mol. The number of hydrogen-bond acceptors (Lipinski definition) is 5. The van der Waals surface area contributed by atoms with Gasteiger partial charge in [0.2, 0.25) is 0 Å². The molecule has 2 aliphatic rings. The minimum atomic E-state index is -0.276. The van der Waals surface area contributed by atoms with Crippen LogP contribution in [0, 0.1) is 5.82 Å². The predicted octanol–water partition coefficient (Wildman–Crippen LogP) is 4.11. The van der Waals surface area contributed by atoms with Gasteiger partial charge in [-0.2, -0.15) is 5.10 Å². The van der Waals surface area contributed by atoms with Gasteiger partial charge in [-0.15, -0.1) is 0 Å². The average Bonchev–Trinajstić information content (AvgIpc) is 2.88. The Kier molecular flexibility index (Phi) is 5.59. The number of benzene rings is 3. The maximum absolute atomic E-state index is 13.8. The first-order valence-corrected chi connectivity index (χ1v) is 12.1. The average molecular weight is 470 g/mol. The molecule has 3 heterocycles. The summed E-state index contributed by atoms with van der Waals surface area (Å²) in [4.78, 5) is 17.3. The maximum atomic E-state index is 13.8. The van der Waals surface area contributed by atoms with Crippen molar-refractivity contribution in [3.8, 4) is 0 Å². The monoisotopic (exact) mass is 469 g/mol. The van der Waals surface area contributed by atoms with E-state index in [4.69, 9.17) is 0 Å². The molecule has 35 heavy (non-hydrogen) atoms. The summed E-state index contributed by atoms with van der Waals surface area (Å²) in [6.45, 7) is 5.31. The van der Waals surface area contributed by atoms with Crippen LogP contribution >= 0.6 is 0 Å². The van der Waals surface area contributed by atoms with E-state index in [9.17, 15) is 9.18 Å². The highest BCUT2D eigenvalue weighted by molar-refractivity contribution is 5.97. The number of likely N-dealkylation sites (N-methyl/N-ethyl adjacent to an activating group) is 1. The number of hydrogen-bond donors (Lipinski definition) is 2. The zero-order valence-electron chi connectivity index (χ0n) is 19.7. The molecule has 0 radical (unpaired) electrons. The molecule has 0 aliphatic carbocycles. The summed E-state index contributed by atoms with van der Waals surface area (Å²) in [5, 5.41) is 12.3. The van der Waals surface area contributed by atoms with Gasteiger partial charge in [-0.25, -0.2) is 9.49 Å². The summed E-state index contributed by atoms with van der Waals surface area (Å²) < 4.78 is 13.8. The number of piperazine rings is 1. The Bertz CT molecular complexity index is 1410. The second kappa shape index (κ2) is 8.91. The van der Waals surface area contributed by atoms with Crippen LogP contribution in [0.1, 0.15) is 34.3 Å². The molecule has 2 aliphatic heterocycles. The lowest BCUT2D eigenvalue weighted by molar-refractivity contribution is 0.148. The zero-order valence-corrected chi connectivity index (χ0v) is 19.7. The van der Waals surface area contributed by atoms with Crippen molar-refractivity contribution in [1.29, 1.82) is 0 Å². The fourth-order valence-electron chi connectivity index (χ4n) is 5.39. The van der Waals surface area contributed by atoms with Crippen LogP contribution in [-0.2, 0) is 6.54 Å². The minimum Gasteiger partial charge on any atom is -0.377 e. The standard InChI is InChI=1S/C28H28FN5O/c1-33-13-15-34(16-14-33)17-18-5-7-20(8-6-18)26-24(19-9-11-21(29)12-10-19)27-25-22(28(35)32-31-27)3-2-4-23(25)30-26/h2-12,24,26,30H,13-17H2,1H3,(H,32,35). The van der Waals surface area contributed by atoms with Gasteiger partial charge in [0.15, 0.2) is 0 Å². The Morgan fingerprint density at radius 1 is 0.943 bits per heavy atom. The Morgan fingerprint density at radius 3 is 2.40 bits per heavy atom. The Labute approximate surface area is 203 Å². The second-order valence-corrected chi connectivity index (χ2v) is 9.64. The van der Waals surface area contributed by atoms with Crippen LogP contribution in [0.5, 0.6) is 0 Å². The molecule has 1 aromatic heterocycles. The largest absolute Gasteiger partial charge is 0.377 e. The lowest BCUT2D eigenvalue weighted by Gasteiger charge is -2.35. The molecule has 7 heteroatoms. The minimum absolute atomic E-state index is 0.116. The third-order valence-electron chi connectivity index (χ3n) is 7.35. The Balaban J connectivity index is 1.38. The van der Waals surface area contributed by atoms with Crippen LogP contribution in [0.25, 0.3) is 10.8 Å². The number of aromatic nitrogens is 2. The van der Waals surface area contributed by atoms with Gasteiger partial charge in [0, 0.05) is 43.8 Å². The summed E-state index contributed by atoms with van der Waals surface area (Å²) in [6.07, 6.45) is 0. The smallest absolute Gasteiger partial charge is 0.272 e. The number of H-pyrrole nitrogens is 1. The number of nitrogens with zero attached hydrogens (tertiary/aromatic N) is 3. The van der Waals surface area contributed by atoms with Crippen LogP contribution in [0.4, 0.5) is 10.1 Å². The molecule has 2 N–H and O–H groups in total. The third-order valence-corrected chi connectivity index (χ3v) is 7.35. The van der Waals surface area contributed by atoms with E-state index in [1.165, 1.54) is 17.7 Å². The van der Waals surface area contributed by atoms with Gasteiger partial charge >= 0.3 is 0 Å². The van der Waals surface area contributed by atoms with Crippen LogP contribution < -0.4 is 10.9 Å². The van der Waals surface area contributed by atoms with Gasteiger partial charge in [0.25, 0.3) is 5.56 Å². The fraction of sp³-hybridized carbons (Fsp3) is 0.286. The van der Waals surface area contributed by atoms with Crippen LogP contribution in [0.2, 0.25) is 0 Å². The van der Waals surface area contributed by atoms with Crippen molar-refractivity contribution in [2.45, 2.75) is 18.5 Å². The maximum Gasteiger partial charge on any atom is 0.272 e. The van der Waals surface area contributed by atoms with Gasteiger partial charge in [-0.1, -0.05) is 42.5 Å². The van der Waals surface area contributed by atoms with Crippen molar-refractivity contribution in [1.82, 2.24) is 20.0 Å². The molecule has 0 bridgehead atoms. The number of aromatic amines is 1. The Hall–Kier alpha value is -3.55. The summed E-state index contributed by atoms with van der Waals surface area (Å²) in [7, 11) is 2.17. The zero-order chi connectivity index (χ0) is 23.9. The molecule has 2 atom stereocenters. The van der Waals surface area contributed by atoms with Crippen molar-refractivity contribution >= 4 is 16.5 Å². The lowest BCUT2D eigenvalue weighted by atomic mass is 9.80. The summed E-state index contributed by atoms with van der Waals surface area (Å²) in [5.41, 5.74) is 4.83. The highest BCUT2D eigenvalue weighted by Gasteiger charge is 2.34. The quantitative estimate of drug-likeness (QED) is 0.471. The van der Waals surface area contributed by atoms with Crippen LogP contribution in [-0.4, -0.2) is 53.2 Å². The molecule has 6 rings (SSSR count). The molecule has 0 spiro atoms. The van der Waals surface area contributed by atoms with Crippen molar-refractivity contribution in [3.63, 3.8) is 0 Å². The predicted molar refractivity (Wildman–Crippen MR) is 136 cm³/mol. The molecule has 6 nitrogen and oxygen atoms in total. The molecule has 0 amide bonds. The van der Waals surface area contributed by atoms with E-state index in [0.717, 1.165) is 60.6 Å². The lowest BCUT2D eigenvalue weighted by Crippen LogP contribution is -2.43. The van der Waals surface area contributed by atoms with Crippen molar-refractivity contribution in [3.05, 3.63) is 105 Å². The van der Waals surface area contributed by atoms with Crippen LogP contribution in [0.3, 0.4) is 0 Å². The molecule has 1 fully saturated rings. The summed E-state index contributed by atoms with van der Waals surface area (Å²) in [6, 6.07) is 20.9. The van der Waals surface area contributed by atoms with E-state index < -0.39 is 0 Å². The van der Waals surface area contributed by atoms with Gasteiger partial charge in [0.05, 0.1) is 23.0 Å². The van der Waals surface area contributed by atoms with Crippen molar-refractivity contribution in [2.24, 2.45) is 0 Å². The van der Waals surface area contributed by atoms with Gasteiger partial charge in [-0.05, 0) is 48.0 Å². The number of nitrogens with one attached hydrogen (secondary N) is 2. The Morgan fingerprint density at radius 2 is 1.66 bits per heavy atom. The number of halogens is 1. The first-order chi connectivity index (χ1) is 17.1. The van der Waals surface area contributed by atoms with Crippen molar-refractivity contribution in [2.75, 3.05) is 38.5 Å². The topological polar surface area (TPSA) is 64.3 Å². The molecule has 2 unspecified atom stereocenters. The first kappa shape index (κ1) is 21.9. The summed E-state index contributed by atoms with van der Waals surface area (Å²) >= 11 is 0. The van der Waals surface area contributed by atoms with E-state index >= 15 is 0 Å². The molecular formula is C28H28FN5O. The molecule has 4 aromatic rings. The van der Waals surface area contributed by atoms with Gasteiger partial charge in [0.1, 0.15) is 5.82 Å². The third kappa shape index (κ3) is 4.11. The second-order valence-electron chi connectivity index (χ2n) is 9.64. The van der Waals surface area contributed by atoms with Crippen molar-refractivity contribution < 1.29 is 4.39 Å². The van der Waals surface area contributed by atoms with Gasteiger partial charge < -0.3 is 10.2 Å². The molecule has 3 aromatic carbocycles. The van der Waals surface area contributed by atoms with E-state index in [1.807, 2.05) is 30.3 Å². The molecule has 0 saturated carbocycles. The first-order valence-electron chi connectivity index (χ1n) is 12.1. The normalized spacial score (nSPS) is 20.6. The van der Waals surface area contributed by atoms with E-state index in [-0.39, 0.29) is 23.3 Å². The summed E-state index contributed by atoms with van der Waals surface area (Å²) in [5.74, 6) is -0.462. The molecule has 178 valence electrons. The van der Waals surface area contributed by atoms with Gasteiger partial charge in [-0.3, -0.25) is 9.69 Å². The highest BCUT2D eigenvalue weighted by Crippen LogP contribution is 2.46. The molecule has 1 saturated heterocycles. The van der Waals surface area contributed by atoms with Crippen LogP contribution in [0.15, 0.2) is 71.5 Å². The SMILES string of the molecule is CN1CCN(Cc2ccc(C3Nc4cccc5c(=O)[nH]nc(c45)C3c3ccc(F)cc3)cc2)CC1. The van der Waals surface area contributed by atoms with E-state index in [1.54, 1.807) is 0 Å². The highest BCUT2D eigenvalue weighted by atomic mass is 19.1. The fourth-order valence-corrected chi connectivity index (χ4v) is 5.39. The van der Waals surface area contributed by atoms with E-state index in [2.05, 4.69) is 56.6 Å².